The highest BCUT2D eigenvalue weighted by molar-refractivity contribution is 8.11. The quantitative estimate of drug-likeness (QED) is 0.425. The number of hydrogen-bond donors (Lipinski definition) is 3. The van der Waals surface area contributed by atoms with Crippen LogP contribution < -0.4 is 16.4 Å². The van der Waals surface area contributed by atoms with Gasteiger partial charge in [-0.2, -0.15) is 13.2 Å². The highest BCUT2D eigenvalue weighted by atomic mass is 32.2. The largest absolute Gasteiger partial charge is 0.416 e. The average molecular weight is 478 g/mol. The van der Waals surface area contributed by atoms with Crippen molar-refractivity contribution < 1.29 is 22.7 Å². The number of ether oxygens (including phenoxy) is 1. The lowest BCUT2D eigenvalue weighted by atomic mass is 10.1. The third-order valence-corrected chi connectivity index (χ3v) is 6.15. The number of amides is 1. The molecule has 0 saturated heterocycles. The number of thioether (sulfide) groups is 1. The van der Waals surface area contributed by atoms with Gasteiger partial charge in [0.1, 0.15) is 0 Å². The van der Waals surface area contributed by atoms with E-state index in [4.69, 9.17) is 10.5 Å². The Morgan fingerprint density at radius 3 is 2.64 bits per heavy atom. The van der Waals surface area contributed by atoms with E-state index in [1.807, 2.05) is 18.2 Å². The monoisotopic (exact) mass is 477 g/mol. The van der Waals surface area contributed by atoms with E-state index in [0.29, 0.717) is 30.1 Å². The SMILES string of the molecule is C=C(NCCCc1ccc(C(F)(F)F)cc1)S/C(=C(\N)COC)c1ccc2c(c1)CC(=O)N2. The minimum absolute atomic E-state index is 0.0377. The molecule has 0 fully saturated rings. The minimum atomic E-state index is -4.32. The summed E-state index contributed by atoms with van der Waals surface area (Å²) < 4.78 is 43.2. The zero-order valence-corrected chi connectivity index (χ0v) is 19.0. The van der Waals surface area contributed by atoms with E-state index in [2.05, 4.69) is 17.2 Å². The summed E-state index contributed by atoms with van der Waals surface area (Å²) in [4.78, 5) is 12.4. The fourth-order valence-corrected chi connectivity index (χ4v) is 4.30. The van der Waals surface area contributed by atoms with Gasteiger partial charge in [0.15, 0.2) is 0 Å². The number of nitrogens with one attached hydrogen (secondary N) is 2. The van der Waals surface area contributed by atoms with Crippen molar-refractivity contribution in [3.05, 3.63) is 82.0 Å². The molecule has 1 heterocycles. The number of halogens is 3. The topological polar surface area (TPSA) is 76.4 Å². The van der Waals surface area contributed by atoms with E-state index in [-0.39, 0.29) is 12.5 Å². The number of benzene rings is 2. The number of carbonyl (C=O) groups excluding carboxylic acids is 1. The molecular weight excluding hydrogens is 451 g/mol. The molecule has 5 nitrogen and oxygen atoms in total. The maximum Gasteiger partial charge on any atom is 0.416 e. The highest BCUT2D eigenvalue weighted by Gasteiger charge is 2.29. The van der Waals surface area contributed by atoms with Crippen LogP contribution in [0.3, 0.4) is 0 Å². The Labute approximate surface area is 195 Å². The molecule has 0 aliphatic carbocycles. The van der Waals surface area contributed by atoms with Crippen molar-refractivity contribution in [3.63, 3.8) is 0 Å². The molecule has 1 aliphatic rings. The van der Waals surface area contributed by atoms with Gasteiger partial charge in [-0.15, -0.1) is 0 Å². The molecule has 0 radical (unpaired) electrons. The van der Waals surface area contributed by atoms with Crippen LogP contribution in [0.25, 0.3) is 4.91 Å². The summed E-state index contributed by atoms with van der Waals surface area (Å²) in [5.74, 6) is -0.0377. The van der Waals surface area contributed by atoms with Crippen molar-refractivity contribution in [1.29, 1.82) is 0 Å². The molecule has 1 aliphatic heterocycles. The molecule has 2 aromatic carbocycles. The van der Waals surface area contributed by atoms with Crippen LogP contribution in [0.1, 0.15) is 28.7 Å². The third-order valence-electron chi connectivity index (χ3n) is 5.05. The van der Waals surface area contributed by atoms with Gasteiger partial charge in [0.2, 0.25) is 5.91 Å². The van der Waals surface area contributed by atoms with E-state index in [1.165, 1.54) is 23.9 Å². The maximum absolute atomic E-state index is 12.7. The summed E-state index contributed by atoms with van der Waals surface area (Å²) in [5, 5.41) is 6.74. The predicted octanol–water partition coefficient (Wildman–Crippen LogP) is 4.90. The third kappa shape index (κ3) is 6.79. The molecule has 4 N–H and O–H groups in total. The fourth-order valence-electron chi connectivity index (χ4n) is 3.44. The van der Waals surface area contributed by atoms with Crippen LogP contribution in [0.4, 0.5) is 18.9 Å². The number of alkyl halides is 3. The standard InChI is InChI=1S/C24H26F3N3O2S/c1-15(29-11-3-4-16-5-8-19(9-6-16)24(25,26)27)33-23(20(28)14-32-2)17-7-10-21-18(12-17)13-22(31)30-21/h5-10,12,29H,1,3-4,11,13-14,28H2,2H3,(H,30,31)/b23-20-. The maximum atomic E-state index is 12.7. The number of nitrogens with two attached hydrogens (primary N) is 1. The summed E-state index contributed by atoms with van der Waals surface area (Å²) in [5.41, 5.74) is 9.59. The van der Waals surface area contributed by atoms with Gasteiger partial charge < -0.3 is 21.1 Å². The molecule has 0 aromatic heterocycles. The average Bonchev–Trinajstić information content (AvgIpc) is 3.14. The van der Waals surface area contributed by atoms with E-state index < -0.39 is 11.7 Å². The van der Waals surface area contributed by atoms with Crippen molar-refractivity contribution in [1.82, 2.24) is 5.32 Å². The van der Waals surface area contributed by atoms with Crippen molar-refractivity contribution in [2.75, 3.05) is 25.6 Å². The molecule has 3 rings (SSSR count). The second-order valence-electron chi connectivity index (χ2n) is 7.63. The van der Waals surface area contributed by atoms with Crippen molar-refractivity contribution in [2.24, 2.45) is 5.73 Å². The molecule has 0 saturated carbocycles. The summed E-state index contributed by atoms with van der Waals surface area (Å²) in [6.07, 6.45) is -2.63. The Kier molecular flexibility index (Phi) is 8.10. The lowest BCUT2D eigenvalue weighted by molar-refractivity contribution is -0.137. The van der Waals surface area contributed by atoms with Gasteiger partial charge in [-0.25, -0.2) is 0 Å². The Bertz CT molecular complexity index is 1050. The van der Waals surface area contributed by atoms with Crippen LogP contribution in [0.2, 0.25) is 0 Å². The number of carbonyl (C=O) groups is 1. The summed E-state index contributed by atoms with van der Waals surface area (Å²) >= 11 is 1.38. The highest BCUT2D eigenvalue weighted by Crippen LogP contribution is 2.36. The van der Waals surface area contributed by atoms with Crippen molar-refractivity contribution in [2.45, 2.75) is 25.4 Å². The van der Waals surface area contributed by atoms with Crippen LogP contribution in [0.15, 0.2) is 59.8 Å². The number of anilines is 1. The first kappa shape index (κ1) is 24.7. The first-order valence-corrected chi connectivity index (χ1v) is 11.2. The van der Waals surface area contributed by atoms with Crippen molar-refractivity contribution in [3.8, 4) is 0 Å². The van der Waals surface area contributed by atoms with Gasteiger partial charge in [-0.05, 0) is 53.8 Å². The van der Waals surface area contributed by atoms with Crippen LogP contribution >= 0.6 is 11.8 Å². The zero-order chi connectivity index (χ0) is 24.0. The lowest BCUT2D eigenvalue weighted by Crippen LogP contribution is -2.14. The Hall–Kier alpha value is -2.91. The first-order chi connectivity index (χ1) is 15.7. The normalized spacial score (nSPS) is 13.9. The molecule has 0 spiro atoms. The van der Waals surface area contributed by atoms with Gasteiger partial charge in [0.25, 0.3) is 0 Å². The summed E-state index contributed by atoms with van der Waals surface area (Å²) in [6, 6.07) is 10.9. The molecule has 33 heavy (non-hydrogen) atoms. The predicted molar refractivity (Wildman–Crippen MR) is 126 cm³/mol. The van der Waals surface area contributed by atoms with E-state index >= 15 is 0 Å². The molecule has 0 atom stereocenters. The summed E-state index contributed by atoms with van der Waals surface area (Å²) in [7, 11) is 1.56. The van der Waals surface area contributed by atoms with E-state index in [0.717, 1.165) is 45.8 Å². The second kappa shape index (κ2) is 10.8. The Balaban J connectivity index is 1.57. The fraction of sp³-hybridized carbons (Fsp3) is 0.292. The van der Waals surface area contributed by atoms with E-state index in [1.54, 1.807) is 7.11 Å². The number of aryl methyl sites for hydroxylation is 1. The Morgan fingerprint density at radius 2 is 1.97 bits per heavy atom. The summed E-state index contributed by atoms with van der Waals surface area (Å²) in [6.45, 7) is 4.91. The smallest absolute Gasteiger partial charge is 0.399 e. The molecule has 9 heteroatoms. The van der Waals surface area contributed by atoms with Crippen LogP contribution in [0, 0.1) is 0 Å². The van der Waals surface area contributed by atoms with E-state index in [9.17, 15) is 18.0 Å². The van der Waals surface area contributed by atoms with Crippen LogP contribution in [-0.4, -0.2) is 26.2 Å². The molecule has 0 bridgehead atoms. The van der Waals surface area contributed by atoms with Crippen LogP contribution in [0.5, 0.6) is 0 Å². The molecule has 176 valence electrons. The molecule has 1 amide bonds. The molecule has 0 unspecified atom stereocenters. The van der Waals surface area contributed by atoms with Gasteiger partial charge >= 0.3 is 6.18 Å². The minimum Gasteiger partial charge on any atom is -0.399 e. The van der Waals surface area contributed by atoms with Crippen LogP contribution in [-0.2, 0) is 28.5 Å². The van der Waals surface area contributed by atoms with Gasteiger partial charge in [0, 0.05) is 29.9 Å². The molecular formula is C24H26F3N3O2S. The number of fused-ring (bicyclic) bond motifs is 1. The first-order valence-electron chi connectivity index (χ1n) is 10.3. The van der Waals surface area contributed by atoms with Crippen molar-refractivity contribution >= 4 is 28.3 Å². The zero-order valence-electron chi connectivity index (χ0n) is 18.2. The lowest BCUT2D eigenvalue weighted by Gasteiger charge is -2.16. The number of hydrogen-bond acceptors (Lipinski definition) is 5. The Morgan fingerprint density at radius 1 is 1.24 bits per heavy atom. The number of methoxy groups -OCH3 is 1. The van der Waals surface area contributed by atoms with Gasteiger partial charge in [-0.1, -0.05) is 36.5 Å². The second-order valence-corrected chi connectivity index (χ2v) is 8.74. The number of rotatable bonds is 10. The molecule has 2 aromatic rings. The van der Waals surface area contributed by atoms with Gasteiger partial charge in [0.05, 0.1) is 23.6 Å². The van der Waals surface area contributed by atoms with Gasteiger partial charge in [-0.3, -0.25) is 4.79 Å².